The number of ether oxygens (including phenoxy) is 1. The molecule has 0 aromatic heterocycles. The van der Waals surface area contributed by atoms with Gasteiger partial charge in [-0.3, -0.25) is 4.72 Å². The number of methoxy groups -OCH3 is 1. The summed E-state index contributed by atoms with van der Waals surface area (Å²) in [5.41, 5.74) is 1.42. The average molecular weight is 309 g/mol. The van der Waals surface area contributed by atoms with E-state index < -0.39 is 15.8 Å². The fourth-order valence-electron chi connectivity index (χ4n) is 1.93. The minimum absolute atomic E-state index is 0.136. The molecule has 0 saturated carbocycles. The third-order valence-electron chi connectivity index (χ3n) is 3.12. The molecule has 0 heterocycles. The Kier molecular flexibility index (Phi) is 4.18. The minimum Gasteiger partial charge on any atom is -0.494 e. The lowest BCUT2D eigenvalue weighted by Crippen LogP contribution is -2.14. The Morgan fingerprint density at radius 1 is 1.05 bits per heavy atom. The van der Waals surface area contributed by atoms with Crippen LogP contribution in [0.1, 0.15) is 11.1 Å². The van der Waals surface area contributed by atoms with Crippen LogP contribution in [-0.2, 0) is 10.0 Å². The zero-order valence-electron chi connectivity index (χ0n) is 12.0. The maximum absolute atomic E-state index is 13.5. The van der Waals surface area contributed by atoms with Crippen molar-refractivity contribution in [1.82, 2.24) is 0 Å². The maximum Gasteiger partial charge on any atom is 0.262 e. The summed E-state index contributed by atoms with van der Waals surface area (Å²) in [6, 6.07) is 8.99. The number of benzene rings is 2. The summed E-state index contributed by atoms with van der Waals surface area (Å²) >= 11 is 0. The molecule has 0 spiro atoms. The minimum atomic E-state index is -3.74. The van der Waals surface area contributed by atoms with Gasteiger partial charge in [0.1, 0.15) is 11.6 Å². The number of nitrogens with one attached hydrogen (secondary N) is 1. The van der Waals surface area contributed by atoms with Gasteiger partial charge in [-0.15, -0.1) is 0 Å². The molecule has 0 aliphatic carbocycles. The first-order valence-corrected chi connectivity index (χ1v) is 7.76. The van der Waals surface area contributed by atoms with Crippen LogP contribution in [0.3, 0.4) is 0 Å². The first-order chi connectivity index (χ1) is 9.85. The van der Waals surface area contributed by atoms with E-state index in [0.29, 0.717) is 0 Å². The molecule has 21 heavy (non-hydrogen) atoms. The number of sulfonamides is 1. The predicted molar refractivity (Wildman–Crippen MR) is 79.7 cm³/mol. The molecule has 0 radical (unpaired) electrons. The molecule has 6 heteroatoms. The molecule has 0 atom stereocenters. The molecule has 0 aliphatic heterocycles. The lowest BCUT2D eigenvalue weighted by atomic mass is 10.2. The monoisotopic (exact) mass is 309 g/mol. The number of hydrogen-bond acceptors (Lipinski definition) is 3. The molecule has 1 N–H and O–H groups in total. The number of halogens is 1. The summed E-state index contributed by atoms with van der Waals surface area (Å²) in [7, 11) is -2.38. The van der Waals surface area contributed by atoms with Crippen molar-refractivity contribution in [3.05, 3.63) is 53.3 Å². The molecular weight excluding hydrogens is 293 g/mol. The summed E-state index contributed by atoms with van der Waals surface area (Å²) in [6.45, 7) is 3.40. The van der Waals surface area contributed by atoms with Crippen LogP contribution in [0, 0.1) is 19.7 Å². The second-order valence-corrected chi connectivity index (χ2v) is 6.35. The Labute approximate surface area is 123 Å². The van der Waals surface area contributed by atoms with Crippen molar-refractivity contribution in [1.29, 1.82) is 0 Å². The fraction of sp³-hybridized carbons (Fsp3) is 0.200. The summed E-state index contributed by atoms with van der Waals surface area (Å²) in [5.74, 6) is -0.282. The Morgan fingerprint density at radius 2 is 1.67 bits per heavy atom. The van der Waals surface area contributed by atoms with Gasteiger partial charge in [-0.05, 0) is 38.1 Å². The van der Waals surface area contributed by atoms with Crippen LogP contribution in [0.2, 0.25) is 0 Å². The first kappa shape index (κ1) is 15.3. The lowest BCUT2D eigenvalue weighted by Gasteiger charge is -2.14. The first-order valence-electron chi connectivity index (χ1n) is 6.27. The Hall–Kier alpha value is -2.08. The van der Waals surface area contributed by atoms with E-state index in [4.69, 9.17) is 4.74 Å². The van der Waals surface area contributed by atoms with Gasteiger partial charge < -0.3 is 4.74 Å². The van der Waals surface area contributed by atoms with Crippen LogP contribution < -0.4 is 9.46 Å². The molecule has 0 fully saturated rings. The van der Waals surface area contributed by atoms with Crippen LogP contribution in [0.15, 0.2) is 41.3 Å². The van der Waals surface area contributed by atoms with Crippen LogP contribution in [0.4, 0.5) is 10.1 Å². The second-order valence-electron chi connectivity index (χ2n) is 4.67. The second kappa shape index (κ2) is 5.73. The van der Waals surface area contributed by atoms with Crippen LogP contribution in [0.25, 0.3) is 0 Å². The maximum atomic E-state index is 13.5. The largest absolute Gasteiger partial charge is 0.494 e. The molecular formula is C15H16FNO3S. The van der Waals surface area contributed by atoms with Gasteiger partial charge in [0.2, 0.25) is 0 Å². The third-order valence-corrected chi connectivity index (χ3v) is 4.50. The van der Waals surface area contributed by atoms with Crippen molar-refractivity contribution in [3.8, 4) is 5.75 Å². The molecule has 0 saturated heterocycles. The molecule has 0 amide bonds. The normalized spacial score (nSPS) is 11.2. The molecule has 2 rings (SSSR count). The van der Waals surface area contributed by atoms with E-state index in [1.54, 1.807) is 12.1 Å². The summed E-state index contributed by atoms with van der Waals surface area (Å²) in [6.07, 6.45) is 0. The van der Waals surface area contributed by atoms with Crippen molar-refractivity contribution in [2.45, 2.75) is 18.7 Å². The number of aryl methyl sites for hydroxylation is 1. The van der Waals surface area contributed by atoms with Gasteiger partial charge >= 0.3 is 0 Å². The smallest absolute Gasteiger partial charge is 0.262 e. The van der Waals surface area contributed by atoms with E-state index in [2.05, 4.69) is 4.72 Å². The highest BCUT2D eigenvalue weighted by atomic mass is 32.2. The topological polar surface area (TPSA) is 55.4 Å². The van der Waals surface area contributed by atoms with Crippen LogP contribution in [-0.4, -0.2) is 15.5 Å². The van der Waals surface area contributed by atoms with E-state index in [1.807, 2.05) is 6.92 Å². The Morgan fingerprint density at radius 3 is 2.24 bits per heavy atom. The zero-order chi connectivity index (χ0) is 15.6. The van der Waals surface area contributed by atoms with Gasteiger partial charge in [0.25, 0.3) is 10.0 Å². The summed E-state index contributed by atoms with van der Waals surface area (Å²) in [4.78, 5) is 0.136. The van der Waals surface area contributed by atoms with Crippen LogP contribution >= 0.6 is 0 Å². The molecule has 112 valence electrons. The Bertz CT molecular complexity index is 755. The number of rotatable bonds is 4. The van der Waals surface area contributed by atoms with Gasteiger partial charge in [-0.2, -0.15) is 0 Å². The highest BCUT2D eigenvalue weighted by Crippen LogP contribution is 2.31. The highest BCUT2D eigenvalue weighted by Gasteiger charge is 2.18. The van der Waals surface area contributed by atoms with Crippen molar-refractivity contribution in [2.24, 2.45) is 0 Å². The highest BCUT2D eigenvalue weighted by molar-refractivity contribution is 7.92. The van der Waals surface area contributed by atoms with Gasteiger partial charge in [0.15, 0.2) is 0 Å². The quantitative estimate of drug-likeness (QED) is 0.943. The van der Waals surface area contributed by atoms with Crippen molar-refractivity contribution in [2.75, 3.05) is 11.8 Å². The van der Waals surface area contributed by atoms with E-state index in [-0.39, 0.29) is 21.9 Å². The van der Waals surface area contributed by atoms with Crippen LogP contribution in [0.5, 0.6) is 5.75 Å². The number of anilines is 1. The Balaban J connectivity index is 2.42. The third kappa shape index (κ3) is 3.16. The molecule has 0 aliphatic rings. The average Bonchev–Trinajstić information content (AvgIpc) is 2.43. The molecule has 0 unspecified atom stereocenters. The van der Waals surface area contributed by atoms with Crippen molar-refractivity contribution < 1.29 is 17.5 Å². The summed E-state index contributed by atoms with van der Waals surface area (Å²) in [5, 5.41) is 0. The predicted octanol–water partition coefficient (Wildman–Crippen LogP) is 3.25. The van der Waals surface area contributed by atoms with Gasteiger partial charge in [-0.25, -0.2) is 12.8 Å². The van der Waals surface area contributed by atoms with Crippen molar-refractivity contribution in [3.63, 3.8) is 0 Å². The molecule has 4 nitrogen and oxygen atoms in total. The lowest BCUT2D eigenvalue weighted by molar-refractivity contribution is 0.409. The van der Waals surface area contributed by atoms with E-state index in [0.717, 1.165) is 5.56 Å². The standard InChI is InChI=1S/C15H16FNO3S/c1-10-4-6-12(7-5-10)21(18,19)17-14-9-8-13(16)11(2)15(14)20-3/h4-9,17H,1-3H3. The number of hydrogen-bond donors (Lipinski definition) is 1. The van der Waals surface area contributed by atoms with Crippen molar-refractivity contribution >= 4 is 15.7 Å². The van der Waals surface area contributed by atoms with E-state index in [1.165, 1.54) is 38.3 Å². The molecule has 2 aromatic carbocycles. The SMILES string of the molecule is COc1c(NS(=O)(=O)c2ccc(C)cc2)ccc(F)c1C. The van der Waals surface area contributed by atoms with E-state index >= 15 is 0 Å². The van der Waals surface area contributed by atoms with Gasteiger partial charge in [0.05, 0.1) is 17.7 Å². The molecule has 2 aromatic rings. The van der Waals surface area contributed by atoms with Gasteiger partial charge in [-0.1, -0.05) is 17.7 Å². The summed E-state index contributed by atoms with van der Waals surface area (Å²) < 4.78 is 45.6. The van der Waals surface area contributed by atoms with Gasteiger partial charge in [0, 0.05) is 5.56 Å². The van der Waals surface area contributed by atoms with E-state index in [9.17, 15) is 12.8 Å². The zero-order valence-corrected chi connectivity index (χ0v) is 12.8. The fourth-order valence-corrected chi connectivity index (χ4v) is 2.99. The molecule has 0 bridgehead atoms.